The molecule has 0 N–H and O–H groups in total. The van der Waals surface area contributed by atoms with Gasteiger partial charge in [0.25, 0.3) is 0 Å². The number of halogens is 3. The van der Waals surface area contributed by atoms with Gasteiger partial charge in [-0.2, -0.15) is 0 Å². The summed E-state index contributed by atoms with van der Waals surface area (Å²) in [5, 5.41) is 0. The lowest BCUT2D eigenvalue weighted by Gasteiger charge is -2.29. The molecule has 0 saturated heterocycles. The second-order valence-electron chi connectivity index (χ2n) is 5.29. The molecule has 0 aliphatic rings. The van der Waals surface area contributed by atoms with Crippen molar-refractivity contribution in [2.45, 2.75) is 45.0 Å². The minimum absolute atomic E-state index is 0.170. The lowest BCUT2D eigenvalue weighted by atomic mass is 9.98. The highest BCUT2D eigenvalue weighted by atomic mass is 35.5. The third kappa shape index (κ3) is 2.34. The summed E-state index contributed by atoms with van der Waals surface area (Å²) in [6.07, 6.45) is 1.77. The Hall–Kier alpha value is -1.16. The maximum absolute atomic E-state index is 14.1. The van der Waals surface area contributed by atoms with Crippen molar-refractivity contribution < 1.29 is 8.78 Å². The summed E-state index contributed by atoms with van der Waals surface area (Å²) in [6.45, 7) is 6.02. The lowest BCUT2D eigenvalue weighted by molar-refractivity contribution is 0.323. The molecule has 1 aromatic carbocycles. The Balaban J connectivity index is 2.79. The lowest BCUT2D eigenvalue weighted by Crippen LogP contribution is -2.28. The van der Waals surface area contributed by atoms with Crippen LogP contribution in [0.2, 0.25) is 0 Å². The minimum Gasteiger partial charge on any atom is -0.319 e. The standard InChI is InChI=1S/C14H17ClF2N2/c1-4-7-14(2,3)19-11(8-15)18-10-6-5-9(16)12(17)13(10)19/h5-6H,4,7-8H2,1-3H3. The van der Waals surface area contributed by atoms with Gasteiger partial charge in [-0.25, -0.2) is 13.8 Å². The van der Waals surface area contributed by atoms with Gasteiger partial charge in [-0.3, -0.25) is 0 Å². The van der Waals surface area contributed by atoms with Crippen molar-refractivity contribution in [3.63, 3.8) is 0 Å². The Morgan fingerprint density at radius 2 is 2.00 bits per heavy atom. The van der Waals surface area contributed by atoms with Gasteiger partial charge in [-0.05, 0) is 32.4 Å². The fourth-order valence-electron chi connectivity index (χ4n) is 2.62. The summed E-state index contributed by atoms with van der Waals surface area (Å²) in [5.74, 6) is -0.977. The second kappa shape index (κ2) is 5.08. The van der Waals surface area contributed by atoms with E-state index in [9.17, 15) is 8.78 Å². The maximum Gasteiger partial charge on any atom is 0.184 e. The van der Waals surface area contributed by atoms with Crippen LogP contribution in [0, 0.1) is 11.6 Å². The van der Waals surface area contributed by atoms with E-state index < -0.39 is 11.6 Å². The molecule has 0 amide bonds. The van der Waals surface area contributed by atoms with Gasteiger partial charge in [0.15, 0.2) is 11.6 Å². The number of hydrogen-bond acceptors (Lipinski definition) is 1. The van der Waals surface area contributed by atoms with Crippen LogP contribution in [0.15, 0.2) is 12.1 Å². The van der Waals surface area contributed by atoms with Gasteiger partial charge < -0.3 is 4.57 Å². The molecule has 0 saturated carbocycles. The largest absolute Gasteiger partial charge is 0.319 e. The highest BCUT2D eigenvalue weighted by molar-refractivity contribution is 6.16. The van der Waals surface area contributed by atoms with Crippen molar-refractivity contribution in [2.24, 2.45) is 0 Å². The molecule has 2 aromatic rings. The van der Waals surface area contributed by atoms with E-state index in [-0.39, 0.29) is 16.9 Å². The van der Waals surface area contributed by atoms with Crippen LogP contribution in [-0.2, 0) is 11.4 Å². The van der Waals surface area contributed by atoms with Crippen molar-refractivity contribution in [2.75, 3.05) is 0 Å². The second-order valence-corrected chi connectivity index (χ2v) is 5.56. The van der Waals surface area contributed by atoms with E-state index in [1.807, 2.05) is 13.8 Å². The Labute approximate surface area is 116 Å². The molecule has 2 nitrogen and oxygen atoms in total. The predicted octanol–water partition coefficient (Wildman–Crippen LogP) is 4.59. The summed E-state index contributed by atoms with van der Waals surface area (Å²) in [7, 11) is 0. The zero-order chi connectivity index (χ0) is 14.2. The van der Waals surface area contributed by atoms with Crippen molar-refractivity contribution in [1.29, 1.82) is 0 Å². The molecule has 104 valence electrons. The summed E-state index contributed by atoms with van der Waals surface area (Å²) in [4.78, 5) is 4.31. The van der Waals surface area contributed by atoms with Gasteiger partial charge in [0.05, 0.1) is 11.4 Å². The molecule has 0 bridgehead atoms. The number of imidazole rings is 1. The third-order valence-electron chi connectivity index (χ3n) is 3.37. The van der Waals surface area contributed by atoms with Crippen LogP contribution >= 0.6 is 11.6 Å². The van der Waals surface area contributed by atoms with E-state index in [0.29, 0.717) is 11.3 Å². The molecular formula is C14H17ClF2N2. The van der Waals surface area contributed by atoms with Crippen LogP contribution < -0.4 is 0 Å². The first-order chi connectivity index (χ1) is 8.92. The van der Waals surface area contributed by atoms with Gasteiger partial charge in [0, 0.05) is 5.54 Å². The van der Waals surface area contributed by atoms with Crippen LogP contribution in [0.1, 0.15) is 39.4 Å². The predicted molar refractivity (Wildman–Crippen MR) is 73.4 cm³/mol. The fraction of sp³-hybridized carbons (Fsp3) is 0.500. The van der Waals surface area contributed by atoms with Gasteiger partial charge in [-0.15, -0.1) is 11.6 Å². The zero-order valence-electron chi connectivity index (χ0n) is 11.3. The molecule has 2 rings (SSSR count). The van der Waals surface area contributed by atoms with Crippen LogP contribution in [0.25, 0.3) is 11.0 Å². The molecule has 1 aromatic heterocycles. The van der Waals surface area contributed by atoms with E-state index in [1.54, 1.807) is 4.57 Å². The first kappa shape index (κ1) is 14.3. The highest BCUT2D eigenvalue weighted by Gasteiger charge is 2.27. The van der Waals surface area contributed by atoms with Crippen LogP contribution in [0.5, 0.6) is 0 Å². The van der Waals surface area contributed by atoms with E-state index in [2.05, 4.69) is 11.9 Å². The Kier molecular flexibility index (Phi) is 3.81. The molecule has 5 heteroatoms. The van der Waals surface area contributed by atoms with Gasteiger partial charge in [0.1, 0.15) is 11.3 Å². The van der Waals surface area contributed by atoms with Gasteiger partial charge in [-0.1, -0.05) is 13.3 Å². The summed E-state index contributed by atoms with van der Waals surface area (Å²) in [6, 6.07) is 2.59. The van der Waals surface area contributed by atoms with E-state index in [4.69, 9.17) is 11.6 Å². The smallest absolute Gasteiger partial charge is 0.184 e. The normalized spacial score (nSPS) is 12.3. The monoisotopic (exact) mass is 286 g/mol. The molecular weight excluding hydrogens is 270 g/mol. The van der Waals surface area contributed by atoms with Crippen LogP contribution in [0.4, 0.5) is 8.78 Å². The quantitative estimate of drug-likeness (QED) is 0.752. The Morgan fingerprint density at radius 3 is 2.58 bits per heavy atom. The first-order valence-electron chi connectivity index (χ1n) is 6.34. The average molecular weight is 287 g/mol. The molecule has 19 heavy (non-hydrogen) atoms. The fourth-order valence-corrected chi connectivity index (χ4v) is 2.80. The number of hydrogen-bond donors (Lipinski definition) is 0. The molecule has 0 aliphatic carbocycles. The maximum atomic E-state index is 14.1. The van der Waals surface area contributed by atoms with Crippen molar-refractivity contribution in [3.05, 3.63) is 29.6 Å². The minimum atomic E-state index is -0.859. The SMILES string of the molecule is CCCC(C)(C)n1c(CCl)nc2ccc(F)c(F)c21. The summed E-state index contributed by atoms with van der Waals surface area (Å²) >= 11 is 5.90. The molecule has 0 spiro atoms. The average Bonchev–Trinajstić information content (AvgIpc) is 2.74. The summed E-state index contributed by atoms with van der Waals surface area (Å²) in [5.41, 5.74) is 0.287. The number of aromatic nitrogens is 2. The Bertz CT molecular complexity index is 605. The number of alkyl halides is 1. The third-order valence-corrected chi connectivity index (χ3v) is 3.60. The molecule has 0 atom stereocenters. The van der Waals surface area contributed by atoms with Gasteiger partial charge >= 0.3 is 0 Å². The van der Waals surface area contributed by atoms with Crippen molar-refractivity contribution >= 4 is 22.6 Å². The molecule has 1 heterocycles. The van der Waals surface area contributed by atoms with Crippen LogP contribution in [0.3, 0.4) is 0 Å². The topological polar surface area (TPSA) is 17.8 Å². The molecule has 0 unspecified atom stereocenters. The highest BCUT2D eigenvalue weighted by Crippen LogP contribution is 2.31. The molecule has 0 fully saturated rings. The number of fused-ring (bicyclic) bond motifs is 1. The van der Waals surface area contributed by atoms with Gasteiger partial charge in [0.2, 0.25) is 0 Å². The number of rotatable bonds is 4. The van der Waals surface area contributed by atoms with Crippen molar-refractivity contribution in [3.8, 4) is 0 Å². The summed E-state index contributed by atoms with van der Waals surface area (Å²) < 4.78 is 29.3. The molecule has 0 radical (unpaired) electrons. The molecule has 0 aliphatic heterocycles. The van der Waals surface area contributed by atoms with E-state index in [0.717, 1.165) is 18.9 Å². The van der Waals surface area contributed by atoms with Crippen molar-refractivity contribution in [1.82, 2.24) is 9.55 Å². The van der Waals surface area contributed by atoms with E-state index in [1.165, 1.54) is 6.07 Å². The first-order valence-corrected chi connectivity index (χ1v) is 6.87. The van der Waals surface area contributed by atoms with E-state index >= 15 is 0 Å². The Morgan fingerprint density at radius 1 is 1.32 bits per heavy atom. The van der Waals surface area contributed by atoms with Crippen LogP contribution in [-0.4, -0.2) is 9.55 Å². The number of benzene rings is 1. The number of nitrogens with zero attached hydrogens (tertiary/aromatic N) is 2. The zero-order valence-corrected chi connectivity index (χ0v) is 12.1.